The minimum Gasteiger partial charge on any atom is -0.478 e. The van der Waals surface area contributed by atoms with Crippen LogP contribution in [0.15, 0.2) is 18.2 Å². The molecule has 104 valence electrons. The number of nitrogens with one attached hydrogen (secondary N) is 2. The van der Waals surface area contributed by atoms with Gasteiger partial charge in [0.15, 0.2) is 0 Å². The van der Waals surface area contributed by atoms with Gasteiger partial charge in [0, 0.05) is 18.7 Å². The molecule has 1 aromatic rings. The van der Waals surface area contributed by atoms with Crippen molar-refractivity contribution in [3.8, 4) is 0 Å². The molecule has 0 heterocycles. The summed E-state index contributed by atoms with van der Waals surface area (Å²) in [5, 5.41) is 14.7. The Morgan fingerprint density at radius 3 is 2.79 bits per heavy atom. The zero-order valence-corrected chi connectivity index (χ0v) is 11.2. The number of anilines is 1. The summed E-state index contributed by atoms with van der Waals surface area (Å²) in [5.74, 6) is -1.48. The lowest BCUT2D eigenvalue weighted by atomic mass is 10.2. The SMILES string of the molecule is COCCNCC(=O)Nc1ccc(Cl)cc1C(=O)O. The van der Waals surface area contributed by atoms with Crippen molar-refractivity contribution in [1.82, 2.24) is 5.32 Å². The second-order valence-electron chi connectivity index (χ2n) is 3.71. The fourth-order valence-corrected chi connectivity index (χ4v) is 1.55. The number of hydrogen-bond donors (Lipinski definition) is 3. The molecular weight excluding hydrogens is 272 g/mol. The van der Waals surface area contributed by atoms with Crippen molar-refractivity contribution in [2.45, 2.75) is 0 Å². The molecule has 0 aliphatic heterocycles. The molecule has 0 fully saturated rings. The van der Waals surface area contributed by atoms with E-state index in [1.165, 1.54) is 18.2 Å². The van der Waals surface area contributed by atoms with Gasteiger partial charge in [-0.1, -0.05) is 11.6 Å². The van der Waals surface area contributed by atoms with Crippen molar-refractivity contribution in [1.29, 1.82) is 0 Å². The summed E-state index contributed by atoms with van der Waals surface area (Å²) in [6.07, 6.45) is 0. The molecule has 0 unspecified atom stereocenters. The molecule has 0 bridgehead atoms. The first kappa shape index (κ1) is 15.4. The number of hydrogen-bond acceptors (Lipinski definition) is 4. The van der Waals surface area contributed by atoms with Gasteiger partial charge in [0.2, 0.25) is 5.91 Å². The van der Waals surface area contributed by atoms with E-state index in [-0.39, 0.29) is 23.7 Å². The van der Waals surface area contributed by atoms with Gasteiger partial charge < -0.3 is 20.5 Å². The number of ether oxygens (including phenoxy) is 1. The van der Waals surface area contributed by atoms with Gasteiger partial charge >= 0.3 is 5.97 Å². The van der Waals surface area contributed by atoms with E-state index in [4.69, 9.17) is 21.4 Å². The molecule has 1 aromatic carbocycles. The molecule has 0 saturated carbocycles. The lowest BCUT2D eigenvalue weighted by Crippen LogP contribution is -2.30. The Labute approximate surface area is 115 Å². The zero-order valence-electron chi connectivity index (χ0n) is 10.4. The van der Waals surface area contributed by atoms with Gasteiger partial charge in [0.25, 0.3) is 0 Å². The van der Waals surface area contributed by atoms with Crippen LogP contribution in [0.4, 0.5) is 5.69 Å². The molecule has 1 amide bonds. The van der Waals surface area contributed by atoms with Crippen LogP contribution >= 0.6 is 11.6 Å². The van der Waals surface area contributed by atoms with Gasteiger partial charge in [-0.15, -0.1) is 0 Å². The average Bonchev–Trinajstić information content (AvgIpc) is 2.36. The molecule has 3 N–H and O–H groups in total. The van der Waals surface area contributed by atoms with E-state index in [0.717, 1.165) is 0 Å². The molecule has 0 aromatic heterocycles. The molecule has 0 radical (unpaired) electrons. The predicted molar refractivity (Wildman–Crippen MR) is 71.8 cm³/mol. The van der Waals surface area contributed by atoms with Crippen molar-refractivity contribution in [2.75, 3.05) is 32.1 Å². The molecule has 0 saturated heterocycles. The second kappa shape index (κ2) is 7.73. The Morgan fingerprint density at radius 2 is 2.16 bits per heavy atom. The number of carbonyl (C=O) groups is 2. The lowest BCUT2D eigenvalue weighted by molar-refractivity contribution is -0.115. The Kier molecular flexibility index (Phi) is 6.27. The summed E-state index contributed by atoms with van der Waals surface area (Å²) < 4.78 is 4.82. The maximum Gasteiger partial charge on any atom is 0.337 e. The largest absolute Gasteiger partial charge is 0.478 e. The van der Waals surface area contributed by atoms with E-state index in [1.54, 1.807) is 7.11 Å². The van der Waals surface area contributed by atoms with E-state index in [0.29, 0.717) is 18.2 Å². The molecule has 0 aliphatic rings. The van der Waals surface area contributed by atoms with Gasteiger partial charge in [-0.2, -0.15) is 0 Å². The first-order valence-corrected chi connectivity index (χ1v) is 5.94. The lowest BCUT2D eigenvalue weighted by Gasteiger charge is -2.09. The summed E-state index contributed by atoms with van der Waals surface area (Å²) >= 11 is 5.71. The highest BCUT2D eigenvalue weighted by molar-refractivity contribution is 6.31. The Morgan fingerprint density at radius 1 is 1.42 bits per heavy atom. The van der Waals surface area contributed by atoms with Crippen LogP contribution in [0.5, 0.6) is 0 Å². The first-order chi connectivity index (χ1) is 9.04. The molecule has 0 spiro atoms. The number of rotatable bonds is 7. The van der Waals surface area contributed by atoms with Crippen molar-refractivity contribution < 1.29 is 19.4 Å². The summed E-state index contributed by atoms with van der Waals surface area (Å²) in [7, 11) is 1.56. The Hall–Kier alpha value is -1.63. The van der Waals surface area contributed by atoms with Crippen LogP contribution in [0.25, 0.3) is 0 Å². The van der Waals surface area contributed by atoms with Crippen molar-refractivity contribution in [3.63, 3.8) is 0 Å². The third-order valence-electron chi connectivity index (χ3n) is 2.25. The second-order valence-corrected chi connectivity index (χ2v) is 4.15. The van der Waals surface area contributed by atoms with Gasteiger partial charge in [-0.3, -0.25) is 4.79 Å². The van der Waals surface area contributed by atoms with Gasteiger partial charge in [-0.05, 0) is 18.2 Å². The number of methoxy groups -OCH3 is 1. The van der Waals surface area contributed by atoms with E-state index >= 15 is 0 Å². The van der Waals surface area contributed by atoms with E-state index in [2.05, 4.69) is 10.6 Å². The fraction of sp³-hybridized carbons (Fsp3) is 0.333. The number of carboxylic acids is 1. The highest BCUT2D eigenvalue weighted by Gasteiger charge is 2.12. The van der Waals surface area contributed by atoms with E-state index in [1.807, 2.05) is 0 Å². The monoisotopic (exact) mass is 286 g/mol. The van der Waals surface area contributed by atoms with Gasteiger partial charge in [0.05, 0.1) is 24.4 Å². The molecule has 6 nitrogen and oxygen atoms in total. The van der Waals surface area contributed by atoms with Crippen molar-refractivity contribution >= 4 is 29.2 Å². The number of carbonyl (C=O) groups excluding carboxylic acids is 1. The van der Waals surface area contributed by atoms with Crippen LogP contribution < -0.4 is 10.6 Å². The van der Waals surface area contributed by atoms with E-state index in [9.17, 15) is 9.59 Å². The molecule has 0 atom stereocenters. The summed E-state index contributed by atoms with van der Waals surface area (Å²) in [4.78, 5) is 22.6. The third-order valence-corrected chi connectivity index (χ3v) is 2.49. The minimum atomic E-state index is -1.15. The Balaban J connectivity index is 2.61. The number of aromatic carboxylic acids is 1. The van der Waals surface area contributed by atoms with Crippen LogP contribution in [0.3, 0.4) is 0 Å². The topological polar surface area (TPSA) is 87.7 Å². The number of halogens is 1. The predicted octanol–water partition coefficient (Wildman–Crippen LogP) is 1.21. The summed E-state index contributed by atoms with van der Waals surface area (Å²) in [6, 6.07) is 4.26. The molecule has 0 aliphatic carbocycles. The molecule has 1 rings (SSSR count). The normalized spacial score (nSPS) is 10.2. The standard InChI is InChI=1S/C12H15ClN2O4/c1-19-5-4-14-7-11(16)15-10-3-2-8(13)6-9(10)12(17)18/h2-3,6,14H,4-5,7H2,1H3,(H,15,16)(H,17,18). The molecule has 19 heavy (non-hydrogen) atoms. The van der Waals surface area contributed by atoms with Crippen molar-refractivity contribution in [3.05, 3.63) is 28.8 Å². The highest BCUT2D eigenvalue weighted by atomic mass is 35.5. The quantitative estimate of drug-likeness (QED) is 0.656. The smallest absolute Gasteiger partial charge is 0.337 e. The van der Waals surface area contributed by atoms with Crippen LogP contribution in [-0.2, 0) is 9.53 Å². The maximum absolute atomic E-state index is 11.6. The van der Waals surface area contributed by atoms with Crippen LogP contribution in [0.1, 0.15) is 10.4 Å². The fourth-order valence-electron chi connectivity index (χ4n) is 1.37. The molecule has 7 heteroatoms. The van der Waals surface area contributed by atoms with Gasteiger partial charge in [0.1, 0.15) is 0 Å². The Bertz CT molecular complexity index is 465. The summed E-state index contributed by atoms with van der Waals surface area (Å²) in [6.45, 7) is 1.11. The number of carboxylic acid groups (broad SMARTS) is 1. The van der Waals surface area contributed by atoms with Crippen LogP contribution in [0, 0.1) is 0 Å². The van der Waals surface area contributed by atoms with E-state index < -0.39 is 5.97 Å². The molecular formula is C12H15ClN2O4. The maximum atomic E-state index is 11.6. The third kappa shape index (κ3) is 5.25. The zero-order chi connectivity index (χ0) is 14.3. The number of amides is 1. The first-order valence-electron chi connectivity index (χ1n) is 5.57. The van der Waals surface area contributed by atoms with Gasteiger partial charge in [-0.25, -0.2) is 4.79 Å². The van der Waals surface area contributed by atoms with Crippen LogP contribution in [-0.4, -0.2) is 43.8 Å². The van der Waals surface area contributed by atoms with Crippen LogP contribution in [0.2, 0.25) is 5.02 Å². The minimum absolute atomic E-state index is 0.0438. The average molecular weight is 287 g/mol. The van der Waals surface area contributed by atoms with Crippen molar-refractivity contribution in [2.24, 2.45) is 0 Å². The number of benzene rings is 1. The highest BCUT2D eigenvalue weighted by Crippen LogP contribution is 2.20. The summed E-state index contributed by atoms with van der Waals surface area (Å²) in [5.41, 5.74) is 0.174.